The number of hydrogen-bond acceptors (Lipinski definition) is 6. The van der Waals surface area contributed by atoms with Crippen molar-refractivity contribution in [2.45, 2.75) is 44.2 Å². The fourth-order valence-electron chi connectivity index (χ4n) is 3.76. The normalized spacial score (nSPS) is 15.8. The van der Waals surface area contributed by atoms with Crippen molar-refractivity contribution in [2.75, 3.05) is 31.3 Å². The van der Waals surface area contributed by atoms with Gasteiger partial charge in [-0.1, -0.05) is 37.5 Å². The first-order valence-electron chi connectivity index (χ1n) is 11.6. The molecule has 1 N–H and O–H groups in total. The third kappa shape index (κ3) is 6.43. The zero-order chi connectivity index (χ0) is 26.1. The predicted molar refractivity (Wildman–Crippen MR) is 134 cm³/mol. The lowest BCUT2D eigenvalue weighted by Crippen LogP contribution is -2.50. The molecule has 0 bridgehead atoms. The van der Waals surface area contributed by atoms with Crippen LogP contribution in [0, 0.1) is 11.8 Å². The minimum absolute atomic E-state index is 0.0807. The summed E-state index contributed by atoms with van der Waals surface area (Å²) in [6, 6.07) is 11.0. The van der Waals surface area contributed by atoms with Crippen molar-refractivity contribution in [3.05, 3.63) is 54.1 Å². The van der Waals surface area contributed by atoms with E-state index in [0.717, 1.165) is 17.1 Å². The van der Waals surface area contributed by atoms with Gasteiger partial charge in [0.05, 0.1) is 11.4 Å². The Bertz CT molecular complexity index is 1230. The Labute approximate surface area is 211 Å². The number of ether oxygens (including phenoxy) is 2. The van der Waals surface area contributed by atoms with Crippen molar-refractivity contribution >= 4 is 27.6 Å². The number of anilines is 1. The van der Waals surface area contributed by atoms with Gasteiger partial charge in [0.2, 0.25) is 10.0 Å². The van der Waals surface area contributed by atoms with E-state index in [0.29, 0.717) is 23.6 Å². The minimum Gasteiger partial charge on any atom is -0.481 e. The lowest BCUT2D eigenvalue weighted by atomic mass is 10.1. The summed E-state index contributed by atoms with van der Waals surface area (Å²) in [6.45, 7) is 3.48. The fraction of sp³-hybridized carbons (Fsp3) is 0.385. The molecule has 0 fully saturated rings. The second-order valence-corrected chi connectivity index (χ2v) is 10.0. The van der Waals surface area contributed by atoms with Gasteiger partial charge in [0.1, 0.15) is 25.0 Å². The van der Waals surface area contributed by atoms with Crippen molar-refractivity contribution in [3.8, 4) is 17.6 Å². The van der Waals surface area contributed by atoms with E-state index >= 15 is 0 Å². The first-order valence-corrected chi connectivity index (χ1v) is 13.1. The van der Waals surface area contributed by atoms with Gasteiger partial charge in [-0.15, -0.1) is 5.92 Å². The van der Waals surface area contributed by atoms with Crippen LogP contribution in [0.3, 0.4) is 0 Å². The fourth-order valence-corrected chi connectivity index (χ4v) is 5.31. The number of carbonyl (C=O) groups excluding carboxylic acids is 1. The molecular formula is C26H30N2O7S. The molecule has 0 aliphatic carbocycles. The van der Waals surface area contributed by atoms with Crippen LogP contribution >= 0.6 is 0 Å². The summed E-state index contributed by atoms with van der Waals surface area (Å²) in [5.41, 5.74) is 0.983. The predicted octanol–water partition coefficient (Wildman–Crippen LogP) is 2.90. The summed E-state index contributed by atoms with van der Waals surface area (Å²) in [5.74, 6) is 4.12. The maximum absolute atomic E-state index is 13.6. The van der Waals surface area contributed by atoms with Gasteiger partial charge in [0.15, 0.2) is 0 Å². The van der Waals surface area contributed by atoms with Gasteiger partial charge in [-0.25, -0.2) is 8.42 Å². The molecule has 0 saturated heterocycles. The van der Waals surface area contributed by atoms with Gasteiger partial charge in [0, 0.05) is 18.8 Å². The largest absolute Gasteiger partial charge is 0.481 e. The van der Waals surface area contributed by atoms with Crippen molar-refractivity contribution in [1.29, 1.82) is 0 Å². The zero-order valence-electron chi connectivity index (χ0n) is 20.3. The van der Waals surface area contributed by atoms with Crippen molar-refractivity contribution in [2.24, 2.45) is 0 Å². The number of aliphatic carboxylic acids is 1. The summed E-state index contributed by atoms with van der Waals surface area (Å²) in [4.78, 5) is 26.6. The Morgan fingerprint density at radius 2 is 1.86 bits per heavy atom. The standard InChI is InChI=1S/C26H30N2O7S/c1-3-5-15-34-19-25(29)27-18-24(26(30)31)28(17-20-9-7-8-10-23(20)27)36(32,33)22-13-11-21(12-14-22)35-16-6-4-2/h7-14,24H,3,5,15-19H2,1-2H3,(H,30,31). The maximum Gasteiger partial charge on any atom is 0.323 e. The van der Waals surface area contributed by atoms with E-state index in [1.54, 1.807) is 31.2 Å². The number of carboxylic acid groups (broad SMARTS) is 1. The highest BCUT2D eigenvalue weighted by Gasteiger charge is 2.41. The van der Waals surface area contributed by atoms with Crippen molar-refractivity contribution in [1.82, 2.24) is 4.31 Å². The van der Waals surface area contributed by atoms with Crippen LogP contribution < -0.4 is 9.64 Å². The van der Waals surface area contributed by atoms with E-state index in [1.165, 1.54) is 29.2 Å². The molecule has 1 atom stereocenters. The Morgan fingerprint density at radius 1 is 1.14 bits per heavy atom. The van der Waals surface area contributed by atoms with E-state index in [9.17, 15) is 23.1 Å². The molecular weight excluding hydrogens is 484 g/mol. The van der Waals surface area contributed by atoms with Gasteiger partial charge in [0.25, 0.3) is 5.91 Å². The second-order valence-electron chi connectivity index (χ2n) is 8.13. The summed E-state index contributed by atoms with van der Waals surface area (Å²) >= 11 is 0. The van der Waals surface area contributed by atoms with Crippen LogP contribution in [-0.2, 0) is 30.9 Å². The number of sulfonamides is 1. The van der Waals surface area contributed by atoms with Crippen LogP contribution in [0.25, 0.3) is 0 Å². The summed E-state index contributed by atoms with van der Waals surface area (Å²) in [5, 5.41) is 10.0. The molecule has 9 nitrogen and oxygen atoms in total. The SMILES string of the molecule is CC#CCOc1ccc(S(=O)(=O)N2Cc3ccccc3N(C(=O)COCCCC)CC2C(=O)O)cc1. The van der Waals surface area contributed by atoms with Crippen LogP contribution in [-0.4, -0.2) is 62.1 Å². The molecule has 1 heterocycles. The summed E-state index contributed by atoms with van der Waals surface area (Å²) in [6.07, 6.45) is 1.71. The molecule has 0 spiro atoms. The summed E-state index contributed by atoms with van der Waals surface area (Å²) < 4.78 is 39.1. The first-order chi connectivity index (χ1) is 17.3. The minimum atomic E-state index is -4.24. The number of nitrogens with zero attached hydrogens (tertiary/aromatic N) is 2. The Balaban J connectivity index is 1.93. The molecule has 192 valence electrons. The highest BCUT2D eigenvalue weighted by molar-refractivity contribution is 7.89. The molecule has 1 unspecified atom stereocenters. The number of unbranched alkanes of at least 4 members (excludes halogenated alkanes) is 1. The smallest absolute Gasteiger partial charge is 0.323 e. The Kier molecular flexibility index (Phi) is 9.47. The van der Waals surface area contributed by atoms with E-state index in [2.05, 4.69) is 11.8 Å². The lowest BCUT2D eigenvalue weighted by molar-refractivity contribution is -0.141. The number of para-hydroxylation sites is 1. The molecule has 2 aromatic carbocycles. The third-order valence-electron chi connectivity index (χ3n) is 5.68. The molecule has 10 heteroatoms. The number of amides is 1. The summed E-state index contributed by atoms with van der Waals surface area (Å²) in [7, 11) is -4.24. The number of carbonyl (C=O) groups is 2. The number of rotatable bonds is 10. The molecule has 3 rings (SSSR count). The number of hydrogen-bond donors (Lipinski definition) is 1. The molecule has 1 aliphatic rings. The monoisotopic (exact) mass is 514 g/mol. The molecule has 1 amide bonds. The van der Waals surface area contributed by atoms with Gasteiger partial charge < -0.3 is 19.5 Å². The van der Waals surface area contributed by atoms with Crippen LogP contribution in [0.1, 0.15) is 32.3 Å². The number of fused-ring (bicyclic) bond motifs is 1. The second kappa shape index (κ2) is 12.5. The van der Waals surface area contributed by atoms with Crippen LogP contribution in [0.4, 0.5) is 5.69 Å². The van der Waals surface area contributed by atoms with Gasteiger partial charge >= 0.3 is 5.97 Å². The quantitative estimate of drug-likeness (QED) is 0.383. The topological polar surface area (TPSA) is 113 Å². The van der Waals surface area contributed by atoms with E-state index in [1.807, 2.05) is 6.92 Å². The third-order valence-corrected chi connectivity index (χ3v) is 7.55. The van der Waals surface area contributed by atoms with E-state index in [4.69, 9.17) is 9.47 Å². The van der Waals surface area contributed by atoms with Crippen molar-refractivity contribution < 1.29 is 32.6 Å². The molecule has 0 aromatic heterocycles. The van der Waals surface area contributed by atoms with Crippen LogP contribution in [0.2, 0.25) is 0 Å². The van der Waals surface area contributed by atoms with E-state index < -0.39 is 27.9 Å². The molecule has 2 aromatic rings. The first kappa shape index (κ1) is 27.2. The zero-order valence-corrected chi connectivity index (χ0v) is 21.2. The van der Waals surface area contributed by atoms with Crippen LogP contribution in [0.5, 0.6) is 5.75 Å². The van der Waals surface area contributed by atoms with Gasteiger partial charge in [-0.2, -0.15) is 4.31 Å². The lowest BCUT2D eigenvalue weighted by Gasteiger charge is -2.28. The van der Waals surface area contributed by atoms with Gasteiger partial charge in [-0.05, 0) is 49.2 Å². The maximum atomic E-state index is 13.6. The van der Waals surface area contributed by atoms with E-state index in [-0.39, 0.29) is 31.2 Å². The number of carboxylic acids is 1. The Morgan fingerprint density at radius 3 is 2.53 bits per heavy atom. The van der Waals surface area contributed by atoms with Crippen LogP contribution in [0.15, 0.2) is 53.4 Å². The average Bonchev–Trinajstić information content (AvgIpc) is 3.05. The highest BCUT2D eigenvalue weighted by Crippen LogP contribution is 2.31. The molecule has 1 aliphatic heterocycles. The highest BCUT2D eigenvalue weighted by atomic mass is 32.2. The molecule has 0 radical (unpaired) electrons. The molecule has 36 heavy (non-hydrogen) atoms. The molecule has 0 saturated carbocycles. The van der Waals surface area contributed by atoms with Gasteiger partial charge in [-0.3, -0.25) is 9.59 Å². The average molecular weight is 515 g/mol. The Hall–Kier alpha value is -3.39. The van der Waals surface area contributed by atoms with Crippen molar-refractivity contribution in [3.63, 3.8) is 0 Å². The number of benzene rings is 2.